The average Bonchev–Trinajstić information content (AvgIpc) is 0.856. The molecular formula is C133H105BrN4S2. The lowest BCUT2D eigenvalue weighted by Crippen LogP contribution is -2.38. The van der Waals surface area contributed by atoms with Gasteiger partial charge in [-0.1, -0.05) is 406 Å². The van der Waals surface area contributed by atoms with E-state index in [-0.39, 0.29) is 29.1 Å². The van der Waals surface area contributed by atoms with Crippen LogP contribution in [0.5, 0.6) is 0 Å². The highest BCUT2D eigenvalue weighted by molar-refractivity contribution is 9.10. The van der Waals surface area contributed by atoms with E-state index in [2.05, 4.69) is 546 Å². The Hall–Kier alpha value is -15.5. The molecule has 7 heteroatoms. The van der Waals surface area contributed by atoms with E-state index in [0.717, 1.165) is 32.9 Å². The lowest BCUT2D eigenvalue weighted by atomic mass is 9.65. The number of para-hydroxylation sites is 4. The Morgan fingerprint density at radius 1 is 0.221 bits per heavy atom. The van der Waals surface area contributed by atoms with Gasteiger partial charge in [0.2, 0.25) is 0 Å². The molecule has 0 fully saturated rings. The molecule has 0 aliphatic carbocycles. The van der Waals surface area contributed by atoms with Gasteiger partial charge < -0.3 is 20.0 Å². The van der Waals surface area contributed by atoms with Gasteiger partial charge in [-0.3, -0.25) is 0 Å². The number of thiophene rings is 2. The molecule has 676 valence electrons. The maximum absolute atomic E-state index is 3.55. The summed E-state index contributed by atoms with van der Waals surface area (Å²) in [5, 5.41) is 8.84. The first-order valence-corrected chi connectivity index (χ1v) is 50.6. The third-order valence-corrected chi connectivity index (χ3v) is 32.6. The summed E-state index contributed by atoms with van der Waals surface area (Å²) in [6, 6.07) is 169. The van der Waals surface area contributed by atoms with Crippen LogP contribution in [0.25, 0.3) is 129 Å². The highest BCUT2D eigenvalue weighted by Crippen LogP contribution is 2.64. The van der Waals surface area contributed by atoms with E-state index >= 15 is 0 Å². The molecular weight excluding hydrogens is 1800 g/mol. The largest absolute Gasteiger partial charge is 0.356 e. The molecule has 0 unspecified atom stereocenters. The van der Waals surface area contributed by atoms with Gasteiger partial charge in [0, 0.05) is 94.9 Å². The number of halogens is 1. The average molecular weight is 1900 g/mol. The smallest absolute Gasteiger partial charge is 0.0544 e. The Kier molecular flexibility index (Phi) is 22.4. The maximum atomic E-state index is 3.55. The number of rotatable bonds is 13. The lowest BCUT2D eigenvalue weighted by molar-refractivity contribution is 0.597. The first-order valence-electron chi connectivity index (χ1n) is 48.2. The third kappa shape index (κ3) is 15.4. The molecule has 0 saturated heterocycles. The fraction of sp³-hybridized carbons (Fsp3) is 0.0977. The predicted molar refractivity (Wildman–Crippen MR) is 605 cm³/mol. The van der Waals surface area contributed by atoms with Gasteiger partial charge in [-0.2, -0.15) is 0 Å². The van der Waals surface area contributed by atoms with E-state index in [1.807, 2.05) is 28.7 Å². The van der Waals surface area contributed by atoms with E-state index < -0.39 is 0 Å². The van der Waals surface area contributed by atoms with Gasteiger partial charge >= 0.3 is 0 Å². The summed E-state index contributed by atoms with van der Waals surface area (Å²) in [7, 11) is 0. The Labute approximate surface area is 838 Å². The standard InChI is InChI=1S/C66H50N2S.C36H30BrN.C30H21NS.CH4/c1-65(2)56-20-9-11-22-60(56)68-61-23-12-10-21-57(61)66(3,4)59-42-49(41-58(65)63(59)68)47-27-25-44(26-28-47)46-31-37-51(38-32-46)67(50-35-29-45(30-36-50)43-15-6-5-7-16-43)52-39-33-48(34-40-52)53-18-14-19-55-54-17-8-13-24-62(54)69-64(53)55;1-35(2)28-9-5-7-11-32(28)38-33-12-8-6-10-29(33)36(3,4)31-22-26(21-30(35)34(31)38)25-15-13-23(14-16-25)24-17-19-27(37)20-18-24;1-2-7-21(8-3-1)22-13-17-24(18-14-22)31-25-19-15-23(16-20-25)26-10-6-11-28-27-9-4-5-12-29(27)32-30(26)28;/h5-42H,1-4H3;5-22H,1-4H3;1-20,31H;1H4. The van der Waals surface area contributed by atoms with E-state index in [1.54, 1.807) is 0 Å². The van der Waals surface area contributed by atoms with Gasteiger partial charge in [0.25, 0.3) is 0 Å². The molecule has 4 nitrogen and oxygen atoms in total. The van der Waals surface area contributed by atoms with E-state index in [4.69, 9.17) is 0 Å². The molecule has 0 amide bonds. The molecule has 26 rings (SSSR count). The maximum Gasteiger partial charge on any atom is 0.0544 e. The minimum atomic E-state index is -0.175. The first-order chi connectivity index (χ1) is 67.8. The molecule has 0 atom stereocenters. The Morgan fingerprint density at radius 3 is 0.793 bits per heavy atom. The zero-order chi connectivity index (χ0) is 94.0. The van der Waals surface area contributed by atoms with Crippen LogP contribution in [0, 0.1) is 0 Å². The summed E-state index contributed by atoms with van der Waals surface area (Å²) in [6.45, 7) is 19.1. The Bertz CT molecular complexity index is 8310. The van der Waals surface area contributed by atoms with Crippen LogP contribution < -0.4 is 20.0 Å². The molecule has 4 aliphatic rings. The van der Waals surface area contributed by atoms with Crippen LogP contribution in [0.2, 0.25) is 0 Å². The second-order valence-corrected chi connectivity index (χ2v) is 42.3. The van der Waals surface area contributed by atoms with Crippen LogP contribution in [-0.4, -0.2) is 0 Å². The first kappa shape index (κ1) is 88.5. The number of nitrogens with one attached hydrogen (secondary N) is 1. The summed E-state index contributed by atoms with van der Waals surface area (Å²) in [5.74, 6) is 0. The summed E-state index contributed by atoms with van der Waals surface area (Å²) < 4.78 is 6.45. The Morgan fingerprint density at radius 2 is 0.464 bits per heavy atom. The molecule has 0 saturated carbocycles. The van der Waals surface area contributed by atoms with Crippen molar-refractivity contribution in [3.8, 4) is 89.0 Å². The zero-order valence-electron chi connectivity index (χ0n) is 78.9. The van der Waals surface area contributed by atoms with Gasteiger partial charge in [0.05, 0.1) is 34.1 Å². The molecule has 6 heterocycles. The Balaban J connectivity index is 0.000000129. The topological polar surface area (TPSA) is 21.8 Å². The minimum Gasteiger partial charge on any atom is -0.356 e. The van der Waals surface area contributed by atoms with Crippen molar-refractivity contribution in [3.05, 3.63) is 510 Å². The van der Waals surface area contributed by atoms with Crippen LogP contribution in [0.4, 0.5) is 62.6 Å². The van der Waals surface area contributed by atoms with Crippen LogP contribution >= 0.6 is 38.6 Å². The van der Waals surface area contributed by atoms with Crippen molar-refractivity contribution in [2.24, 2.45) is 0 Å². The quantitative estimate of drug-likeness (QED) is 0.124. The summed E-state index contributed by atoms with van der Waals surface area (Å²) >= 11 is 7.30. The summed E-state index contributed by atoms with van der Waals surface area (Å²) in [5.41, 5.74) is 43.5. The second-order valence-electron chi connectivity index (χ2n) is 39.3. The second kappa shape index (κ2) is 35.5. The van der Waals surface area contributed by atoms with Crippen molar-refractivity contribution >= 4 is 142 Å². The number of hydrogen-bond donors (Lipinski definition) is 1. The van der Waals surface area contributed by atoms with Crippen LogP contribution in [0.1, 0.15) is 107 Å². The molecule has 4 aliphatic heterocycles. The van der Waals surface area contributed by atoms with Crippen LogP contribution in [0.3, 0.4) is 0 Å². The zero-order valence-corrected chi connectivity index (χ0v) is 82.1. The van der Waals surface area contributed by atoms with Crippen LogP contribution in [0.15, 0.2) is 466 Å². The number of hydrogen-bond acceptors (Lipinski definition) is 6. The van der Waals surface area contributed by atoms with Crippen molar-refractivity contribution in [2.75, 3.05) is 20.0 Å². The van der Waals surface area contributed by atoms with E-state index in [1.165, 1.54) is 208 Å². The van der Waals surface area contributed by atoms with Gasteiger partial charge in [0.1, 0.15) is 0 Å². The summed E-state index contributed by atoms with van der Waals surface area (Å²) in [6.07, 6.45) is 0. The van der Waals surface area contributed by atoms with E-state index in [0.29, 0.717) is 0 Å². The number of anilines is 11. The third-order valence-electron chi connectivity index (χ3n) is 29.7. The number of fused-ring (bicyclic) bond motifs is 14. The fourth-order valence-corrected chi connectivity index (χ4v) is 24.9. The monoisotopic (exact) mass is 1900 g/mol. The molecule has 140 heavy (non-hydrogen) atoms. The lowest BCUT2D eigenvalue weighted by Gasteiger charge is -2.49. The van der Waals surface area contributed by atoms with Gasteiger partial charge in [-0.15, -0.1) is 22.7 Å². The van der Waals surface area contributed by atoms with Crippen molar-refractivity contribution < 1.29 is 0 Å². The molecule has 0 bridgehead atoms. The van der Waals surface area contributed by atoms with Crippen molar-refractivity contribution in [1.82, 2.24) is 0 Å². The molecule has 0 spiro atoms. The fourth-order valence-electron chi connectivity index (χ4n) is 22.2. The normalized spacial score (nSPS) is 13.8. The van der Waals surface area contributed by atoms with Gasteiger partial charge in [-0.25, -0.2) is 0 Å². The van der Waals surface area contributed by atoms with Crippen LogP contribution in [-0.2, 0) is 21.7 Å². The predicted octanol–water partition coefficient (Wildman–Crippen LogP) is 39.2. The van der Waals surface area contributed by atoms with Crippen molar-refractivity contribution in [1.29, 1.82) is 0 Å². The van der Waals surface area contributed by atoms with E-state index in [9.17, 15) is 0 Å². The SMILES string of the molecule is C.CC1(C)c2ccccc2N2c3ccccc3C(C)(C)c3cc(-c4ccc(-c5ccc(Br)cc5)cc4)cc1c32.CC1(C)c2ccccc2N2c3ccccc3C(C)(C)c3cc(-c4ccc(-c5ccc(N(c6ccc(-c7ccccc7)cc6)c6ccc(-c7cccc8c7sc7ccccc78)cc6)cc5)cc4)cc1c32.c1ccc(-c2ccc(Nc3ccc(-c4cccc5c4sc4ccccc45)cc3)cc2)cc1. The van der Waals surface area contributed by atoms with Gasteiger partial charge in [0.15, 0.2) is 0 Å². The highest BCUT2D eigenvalue weighted by Gasteiger charge is 2.48. The number of nitrogens with zero attached hydrogens (tertiary/aromatic N) is 3. The van der Waals surface area contributed by atoms with Crippen molar-refractivity contribution in [2.45, 2.75) is 84.5 Å². The molecule has 20 aromatic carbocycles. The molecule has 0 radical (unpaired) electrons. The number of benzene rings is 20. The van der Waals surface area contributed by atoms with Gasteiger partial charge in [-0.05, 0) is 267 Å². The molecule has 2 aromatic heterocycles. The minimum absolute atomic E-state index is 0. The molecule has 1 N–H and O–H groups in total. The highest BCUT2D eigenvalue weighted by atomic mass is 79.9. The van der Waals surface area contributed by atoms with Crippen molar-refractivity contribution in [3.63, 3.8) is 0 Å². The summed E-state index contributed by atoms with van der Waals surface area (Å²) in [4.78, 5) is 7.42. The molecule has 22 aromatic rings.